The molecule has 1 aliphatic heterocycles. The normalized spacial score (nSPS) is 27.6. The summed E-state index contributed by atoms with van der Waals surface area (Å²) in [5, 5.41) is 19.5. The third kappa shape index (κ3) is 2.21. The third-order valence-corrected chi connectivity index (χ3v) is 4.94. The van der Waals surface area contributed by atoms with Gasteiger partial charge in [-0.15, -0.1) is 0 Å². The molecule has 0 amide bonds. The summed E-state index contributed by atoms with van der Waals surface area (Å²) in [7, 11) is -3.26. The third-order valence-electron chi connectivity index (χ3n) is 3.16. The van der Waals surface area contributed by atoms with E-state index in [9.17, 15) is 18.8 Å². The molecule has 6 nitrogen and oxygen atoms in total. The number of aliphatic hydroxyl groups excluding tert-OH is 1. The van der Waals surface area contributed by atoms with Crippen molar-refractivity contribution in [2.45, 2.75) is 19.4 Å². The van der Waals surface area contributed by atoms with Crippen molar-refractivity contribution in [2.24, 2.45) is 5.41 Å². The van der Waals surface area contributed by atoms with Crippen molar-refractivity contribution >= 4 is 9.84 Å². The minimum atomic E-state index is -3.26. The van der Waals surface area contributed by atoms with E-state index in [4.69, 9.17) is 0 Å². The molecule has 0 aromatic carbocycles. The molecule has 1 aromatic heterocycles. The van der Waals surface area contributed by atoms with Crippen LogP contribution >= 0.6 is 0 Å². The van der Waals surface area contributed by atoms with E-state index in [1.165, 1.54) is 12.3 Å². The van der Waals surface area contributed by atoms with Gasteiger partial charge in [-0.1, -0.05) is 0 Å². The molecule has 1 aromatic rings. The van der Waals surface area contributed by atoms with Gasteiger partial charge in [-0.2, -0.15) is 5.26 Å². The van der Waals surface area contributed by atoms with Gasteiger partial charge in [0.15, 0.2) is 9.84 Å². The van der Waals surface area contributed by atoms with Gasteiger partial charge in [-0.05, 0) is 19.4 Å². The number of hydrogen-bond donors (Lipinski definition) is 1. The van der Waals surface area contributed by atoms with Gasteiger partial charge in [0.25, 0.3) is 0 Å². The highest BCUT2D eigenvalue weighted by atomic mass is 32.2. The van der Waals surface area contributed by atoms with Gasteiger partial charge < -0.3 is 5.11 Å². The molecule has 0 saturated carbocycles. The fourth-order valence-electron chi connectivity index (χ4n) is 2.15. The van der Waals surface area contributed by atoms with Crippen LogP contribution in [0.5, 0.6) is 0 Å². The van der Waals surface area contributed by atoms with Crippen LogP contribution in [0.25, 0.3) is 0 Å². The van der Waals surface area contributed by atoms with Gasteiger partial charge in [-0.25, -0.2) is 18.4 Å². The molecular formula is C11H13N3O3S. The molecule has 1 N–H and O–H groups in total. The first-order valence-corrected chi connectivity index (χ1v) is 7.30. The van der Waals surface area contributed by atoms with Crippen LogP contribution in [0.3, 0.4) is 0 Å². The predicted octanol–water partition coefficient (Wildman–Crippen LogP) is 0.147. The molecule has 0 aliphatic carbocycles. The average molecular weight is 267 g/mol. The molecular weight excluding hydrogens is 254 g/mol. The lowest BCUT2D eigenvalue weighted by atomic mass is 9.81. The molecule has 7 heteroatoms. The monoisotopic (exact) mass is 267 g/mol. The SMILES string of the molecule is Cc1nccc(C(O)C2(C#N)CCS(=O)(=O)C2)n1. The number of rotatable bonds is 2. The Morgan fingerprint density at radius 3 is 2.83 bits per heavy atom. The lowest BCUT2D eigenvalue weighted by Gasteiger charge is -2.25. The molecule has 1 fully saturated rings. The lowest BCUT2D eigenvalue weighted by Crippen LogP contribution is -2.29. The maximum absolute atomic E-state index is 11.5. The maximum atomic E-state index is 11.5. The van der Waals surface area contributed by atoms with Crippen LogP contribution in [-0.4, -0.2) is 35.0 Å². The molecule has 18 heavy (non-hydrogen) atoms. The van der Waals surface area contributed by atoms with Crippen LogP contribution in [0, 0.1) is 23.7 Å². The number of aromatic nitrogens is 2. The summed E-state index contributed by atoms with van der Waals surface area (Å²) in [6, 6.07) is 3.46. The van der Waals surface area contributed by atoms with Crippen molar-refractivity contribution in [3.63, 3.8) is 0 Å². The van der Waals surface area contributed by atoms with E-state index < -0.39 is 21.4 Å². The molecule has 0 bridgehead atoms. The zero-order valence-electron chi connectivity index (χ0n) is 9.87. The average Bonchev–Trinajstić information content (AvgIpc) is 2.65. The van der Waals surface area contributed by atoms with Gasteiger partial charge in [0.05, 0.1) is 23.3 Å². The fourth-order valence-corrected chi connectivity index (χ4v) is 4.12. The fraction of sp³-hybridized carbons (Fsp3) is 0.545. The molecule has 1 aliphatic rings. The zero-order valence-corrected chi connectivity index (χ0v) is 10.7. The van der Waals surface area contributed by atoms with E-state index in [0.29, 0.717) is 11.5 Å². The Morgan fingerprint density at radius 1 is 1.61 bits per heavy atom. The molecule has 2 heterocycles. The lowest BCUT2D eigenvalue weighted by molar-refractivity contribution is 0.0751. The van der Waals surface area contributed by atoms with Crippen LogP contribution < -0.4 is 0 Å². The van der Waals surface area contributed by atoms with Crippen LogP contribution in [0.2, 0.25) is 0 Å². The van der Waals surface area contributed by atoms with E-state index in [2.05, 4.69) is 9.97 Å². The second kappa shape index (κ2) is 4.30. The summed E-state index contributed by atoms with van der Waals surface area (Å²) < 4.78 is 23.0. The van der Waals surface area contributed by atoms with Gasteiger partial charge in [0.2, 0.25) is 0 Å². The van der Waals surface area contributed by atoms with Crippen molar-refractivity contribution in [1.82, 2.24) is 9.97 Å². The Morgan fingerprint density at radius 2 is 2.33 bits per heavy atom. The zero-order chi connectivity index (χ0) is 13.4. The van der Waals surface area contributed by atoms with Crippen LogP contribution in [-0.2, 0) is 9.84 Å². The number of aryl methyl sites for hydroxylation is 1. The first kappa shape index (κ1) is 12.9. The minimum Gasteiger partial charge on any atom is -0.385 e. The van der Waals surface area contributed by atoms with Crippen molar-refractivity contribution in [1.29, 1.82) is 5.26 Å². The van der Waals surface area contributed by atoms with E-state index >= 15 is 0 Å². The molecule has 2 atom stereocenters. The Labute approximate surface area is 105 Å². The van der Waals surface area contributed by atoms with Crippen LogP contribution in [0.1, 0.15) is 24.0 Å². The number of aliphatic hydroxyl groups is 1. The summed E-state index contributed by atoms with van der Waals surface area (Å²) in [5.74, 6) is 0.0862. The number of sulfone groups is 1. The summed E-state index contributed by atoms with van der Waals surface area (Å²) in [6.07, 6.45) is 0.410. The first-order chi connectivity index (χ1) is 8.38. The van der Waals surface area contributed by atoms with Crippen molar-refractivity contribution < 1.29 is 13.5 Å². The summed E-state index contributed by atoms with van der Waals surface area (Å²) >= 11 is 0. The van der Waals surface area contributed by atoms with Crippen LogP contribution in [0.4, 0.5) is 0 Å². The quantitative estimate of drug-likeness (QED) is 0.817. The van der Waals surface area contributed by atoms with Gasteiger partial charge in [0.1, 0.15) is 17.3 Å². The second-order valence-electron chi connectivity index (χ2n) is 4.54. The molecule has 2 unspecified atom stereocenters. The molecule has 2 rings (SSSR count). The standard InChI is InChI=1S/C11H13N3O3S/c1-8-13-4-2-9(14-8)10(15)11(6-12)3-5-18(16,17)7-11/h2,4,10,15H,3,5,7H2,1H3. The number of nitrogens with zero attached hydrogens (tertiary/aromatic N) is 3. The van der Waals surface area contributed by atoms with E-state index in [1.807, 2.05) is 6.07 Å². The van der Waals surface area contributed by atoms with Crippen molar-refractivity contribution in [3.05, 3.63) is 23.8 Å². The van der Waals surface area contributed by atoms with E-state index in [1.54, 1.807) is 6.92 Å². The van der Waals surface area contributed by atoms with Crippen molar-refractivity contribution in [2.75, 3.05) is 11.5 Å². The Bertz CT molecular complexity index is 608. The largest absolute Gasteiger partial charge is 0.385 e. The molecule has 1 saturated heterocycles. The highest BCUT2D eigenvalue weighted by Gasteiger charge is 2.49. The Balaban J connectivity index is 2.39. The summed E-state index contributed by atoms with van der Waals surface area (Å²) in [6.45, 7) is 1.67. The molecule has 96 valence electrons. The number of hydrogen-bond acceptors (Lipinski definition) is 6. The van der Waals surface area contributed by atoms with Crippen molar-refractivity contribution in [3.8, 4) is 6.07 Å². The second-order valence-corrected chi connectivity index (χ2v) is 6.73. The van der Waals surface area contributed by atoms with Crippen LogP contribution in [0.15, 0.2) is 12.3 Å². The topological polar surface area (TPSA) is 104 Å². The van der Waals surface area contributed by atoms with Gasteiger partial charge in [-0.3, -0.25) is 0 Å². The van der Waals surface area contributed by atoms with E-state index in [0.717, 1.165) is 0 Å². The minimum absolute atomic E-state index is 0.0678. The number of nitriles is 1. The highest BCUT2D eigenvalue weighted by molar-refractivity contribution is 7.91. The molecule has 0 spiro atoms. The van der Waals surface area contributed by atoms with Gasteiger partial charge in [0, 0.05) is 6.20 Å². The first-order valence-electron chi connectivity index (χ1n) is 5.48. The maximum Gasteiger partial charge on any atom is 0.152 e. The Hall–Kier alpha value is -1.52. The molecule has 0 radical (unpaired) electrons. The van der Waals surface area contributed by atoms with E-state index in [-0.39, 0.29) is 17.9 Å². The predicted molar refractivity (Wildman–Crippen MR) is 63.0 cm³/mol. The smallest absolute Gasteiger partial charge is 0.152 e. The highest BCUT2D eigenvalue weighted by Crippen LogP contribution is 2.42. The summed E-state index contributed by atoms with van der Waals surface area (Å²) in [5.41, 5.74) is -0.999. The Kier molecular flexibility index (Phi) is 3.09. The summed E-state index contributed by atoms with van der Waals surface area (Å²) in [4.78, 5) is 7.95. The van der Waals surface area contributed by atoms with Gasteiger partial charge >= 0.3 is 0 Å².